The molecule has 0 aromatic heterocycles. The number of carbonyl (C=O) groups excluding carboxylic acids is 5. The standard InChI is InChI=1S/C54H80F4N4O18/c1-5-19-68-27-35-76-40-32-73-24-16-59-44(63)8-13-54(14-9-45(64)60-17-25-74-33-41-77-36-28-69-20-6-2,15-10-46(65)61-18-26-75-34-42-78-37-29-70-21-7-3)62-47(66)11-22-71-30-38-79-39-31-72-23-12-48(67)80-53-50(56)43(4)49(55)51(57)52(53)58/h1-3H,8-42H2,4H3,(H,59,63)(H,60,64)(H,61,65)(H,62,66). The zero-order valence-corrected chi connectivity index (χ0v) is 45.8. The lowest BCUT2D eigenvalue weighted by Crippen LogP contribution is -2.51. The van der Waals surface area contributed by atoms with Crippen molar-refractivity contribution in [2.45, 2.75) is 63.8 Å². The summed E-state index contributed by atoms with van der Waals surface area (Å²) in [5.41, 5.74) is -2.07. The van der Waals surface area contributed by atoms with E-state index in [1.807, 2.05) is 0 Å². The van der Waals surface area contributed by atoms with Gasteiger partial charge in [-0.15, -0.1) is 19.3 Å². The molecule has 0 aliphatic rings. The van der Waals surface area contributed by atoms with Gasteiger partial charge in [-0.1, -0.05) is 17.8 Å². The minimum Gasteiger partial charge on any atom is -0.420 e. The van der Waals surface area contributed by atoms with Crippen LogP contribution in [0.2, 0.25) is 0 Å². The van der Waals surface area contributed by atoms with E-state index in [9.17, 15) is 41.5 Å². The van der Waals surface area contributed by atoms with Gasteiger partial charge in [0.25, 0.3) is 0 Å². The van der Waals surface area contributed by atoms with Crippen LogP contribution in [0.25, 0.3) is 0 Å². The lowest BCUT2D eigenvalue weighted by Gasteiger charge is -2.35. The molecule has 0 radical (unpaired) electrons. The van der Waals surface area contributed by atoms with E-state index >= 15 is 0 Å². The maximum atomic E-state index is 14.2. The quantitative estimate of drug-likeness (QED) is 0.0138. The first-order valence-electron chi connectivity index (χ1n) is 26.2. The maximum absolute atomic E-state index is 14.2. The van der Waals surface area contributed by atoms with Gasteiger partial charge in [-0.05, 0) is 26.2 Å². The number of terminal acetylenes is 3. The number of benzene rings is 1. The van der Waals surface area contributed by atoms with Crippen LogP contribution in [0.5, 0.6) is 5.75 Å². The third-order valence-electron chi connectivity index (χ3n) is 10.7. The Morgan fingerprint density at radius 2 is 0.700 bits per heavy atom. The second-order valence-corrected chi connectivity index (χ2v) is 16.8. The van der Waals surface area contributed by atoms with Crippen molar-refractivity contribution in [1.29, 1.82) is 0 Å². The average Bonchev–Trinajstić information content (AvgIpc) is 3.44. The normalized spacial score (nSPS) is 11.1. The molecule has 0 aliphatic carbocycles. The van der Waals surface area contributed by atoms with E-state index in [0.717, 1.165) is 6.92 Å². The number of esters is 1. The number of hydrogen-bond acceptors (Lipinski definition) is 18. The summed E-state index contributed by atoms with van der Waals surface area (Å²) in [7, 11) is 0. The summed E-state index contributed by atoms with van der Waals surface area (Å²) in [6, 6.07) is 0. The third-order valence-corrected chi connectivity index (χ3v) is 10.7. The molecule has 1 aromatic rings. The zero-order valence-electron chi connectivity index (χ0n) is 45.8. The van der Waals surface area contributed by atoms with Crippen LogP contribution in [0.4, 0.5) is 17.6 Å². The highest BCUT2D eigenvalue weighted by Gasteiger charge is 2.34. The molecule has 0 bridgehead atoms. The highest BCUT2D eigenvalue weighted by Crippen LogP contribution is 2.30. The van der Waals surface area contributed by atoms with Gasteiger partial charge >= 0.3 is 5.97 Å². The van der Waals surface area contributed by atoms with Crippen LogP contribution in [-0.2, 0) is 80.8 Å². The minimum atomic E-state index is -1.97. The monoisotopic (exact) mass is 1150 g/mol. The van der Waals surface area contributed by atoms with Crippen molar-refractivity contribution in [3.05, 3.63) is 28.8 Å². The molecule has 0 saturated carbocycles. The Morgan fingerprint density at radius 1 is 0.388 bits per heavy atom. The second kappa shape index (κ2) is 49.3. The SMILES string of the molecule is C#CCOCCOCCOCCNC(=O)CCC(CCC(=O)NCCOCCOCCOCC#C)(CCC(=O)NCCOCCOCCOCC#C)NC(=O)CCOCCOCCOCCC(=O)Oc1c(F)c(C)c(F)c(F)c1F. The number of carbonyl (C=O) groups is 5. The molecule has 0 fully saturated rings. The number of nitrogens with one attached hydrogen (secondary N) is 4. The lowest BCUT2D eigenvalue weighted by molar-refractivity contribution is -0.136. The van der Waals surface area contributed by atoms with E-state index in [-0.39, 0.29) is 181 Å². The molecular formula is C54H80F4N4O18. The molecule has 0 atom stereocenters. The second-order valence-electron chi connectivity index (χ2n) is 16.8. The van der Waals surface area contributed by atoms with Gasteiger partial charge in [0.2, 0.25) is 35.2 Å². The Kier molecular flexibility index (Phi) is 44.7. The number of halogens is 4. The lowest BCUT2D eigenvalue weighted by atomic mass is 9.83. The molecule has 0 spiro atoms. The summed E-state index contributed by atoms with van der Waals surface area (Å²) in [6.07, 6.45) is 14.8. The van der Waals surface area contributed by atoms with E-state index in [1.165, 1.54) is 0 Å². The third kappa shape index (κ3) is 38.2. The number of ether oxygens (including phenoxy) is 13. The summed E-state index contributed by atoms with van der Waals surface area (Å²) in [5.74, 6) is -4.16. The van der Waals surface area contributed by atoms with Gasteiger partial charge in [-0.3, -0.25) is 24.0 Å². The van der Waals surface area contributed by atoms with E-state index in [2.05, 4.69) is 43.8 Å². The molecule has 1 rings (SSSR count). The van der Waals surface area contributed by atoms with Crippen molar-refractivity contribution in [1.82, 2.24) is 21.3 Å². The Labute approximate surface area is 466 Å². The largest absolute Gasteiger partial charge is 0.420 e. The van der Waals surface area contributed by atoms with Gasteiger partial charge in [0, 0.05) is 56.4 Å². The summed E-state index contributed by atoms with van der Waals surface area (Å²) in [4.78, 5) is 65.3. The first-order chi connectivity index (χ1) is 38.8. The van der Waals surface area contributed by atoms with Gasteiger partial charge in [0.1, 0.15) is 19.8 Å². The highest BCUT2D eigenvalue weighted by atomic mass is 19.2. The van der Waals surface area contributed by atoms with E-state index in [4.69, 9.17) is 76.1 Å². The predicted octanol–water partition coefficient (Wildman–Crippen LogP) is 1.88. The molecular weight excluding hydrogens is 1070 g/mol. The molecule has 452 valence electrons. The van der Waals surface area contributed by atoms with Crippen LogP contribution in [0.15, 0.2) is 0 Å². The van der Waals surface area contributed by atoms with E-state index < -0.39 is 58.4 Å². The first-order valence-corrected chi connectivity index (χ1v) is 26.2. The average molecular weight is 1150 g/mol. The smallest absolute Gasteiger partial charge is 0.313 e. The van der Waals surface area contributed by atoms with Crippen molar-refractivity contribution < 1.29 is 103 Å². The van der Waals surface area contributed by atoms with Gasteiger partial charge in [-0.25, -0.2) is 13.2 Å². The Bertz CT molecular complexity index is 1870. The summed E-state index contributed by atoms with van der Waals surface area (Å²) >= 11 is 0. The van der Waals surface area contributed by atoms with Crippen molar-refractivity contribution in [3.63, 3.8) is 0 Å². The Hall–Kier alpha value is -5.51. The predicted molar refractivity (Wildman–Crippen MR) is 280 cm³/mol. The topological polar surface area (TPSA) is 253 Å². The van der Waals surface area contributed by atoms with Crippen LogP contribution in [0, 0.1) is 67.2 Å². The molecule has 4 N–H and O–H groups in total. The molecule has 0 aliphatic heterocycles. The fraction of sp³-hybridized carbons (Fsp3) is 0.685. The van der Waals surface area contributed by atoms with Gasteiger partial charge in [0.05, 0.1) is 145 Å². The number of hydrogen-bond donors (Lipinski definition) is 4. The minimum absolute atomic E-state index is 0.00286. The molecule has 0 unspecified atom stereocenters. The van der Waals surface area contributed by atoms with Crippen LogP contribution in [-0.4, -0.2) is 213 Å². The van der Waals surface area contributed by atoms with Crippen molar-refractivity contribution in [2.75, 3.05) is 178 Å². The maximum Gasteiger partial charge on any atom is 0.313 e. The number of amides is 4. The Balaban J connectivity index is 2.85. The van der Waals surface area contributed by atoms with Crippen LogP contribution in [0.1, 0.15) is 56.9 Å². The fourth-order valence-corrected chi connectivity index (χ4v) is 6.59. The van der Waals surface area contributed by atoms with Gasteiger partial charge in [0.15, 0.2) is 17.5 Å². The Morgan fingerprint density at radius 3 is 1.05 bits per heavy atom. The van der Waals surface area contributed by atoms with Gasteiger partial charge < -0.3 is 82.8 Å². The first kappa shape index (κ1) is 72.5. The van der Waals surface area contributed by atoms with Crippen LogP contribution < -0.4 is 26.0 Å². The van der Waals surface area contributed by atoms with Gasteiger partial charge in [-0.2, -0.15) is 4.39 Å². The molecule has 22 nitrogen and oxygen atoms in total. The van der Waals surface area contributed by atoms with E-state index in [0.29, 0.717) is 59.5 Å². The van der Waals surface area contributed by atoms with Crippen molar-refractivity contribution in [2.24, 2.45) is 0 Å². The van der Waals surface area contributed by atoms with Crippen molar-refractivity contribution >= 4 is 29.6 Å². The zero-order chi connectivity index (χ0) is 58.7. The van der Waals surface area contributed by atoms with E-state index in [1.54, 1.807) is 0 Å². The van der Waals surface area contributed by atoms with Crippen LogP contribution >= 0.6 is 0 Å². The molecule has 80 heavy (non-hydrogen) atoms. The summed E-state index contributed by atoms with van der Waals surface area (Å²) < 4.78 is 125. The molecule has 26 heteroatoms. The molecule has 4 amide bonds. The van der Waals surface area contributed by atoms with Crippen LogP contribution in [0.3, 0.4) is 0 Å². The molecule has 1 aromatic carbocycles. The molecule has 0 heterocycles. The van der Waals surface area contributed by atoms with Crippen molar-refractivity contribution in [3.8, 4) is 42.8 Å². The summed E-state index contributed by atoms with van der Waals surface area (Å²) in [6.45, 7) is 6.26. The fourth-order valence-electron chi connectivity index (χ4n) is 6.59. The highest BCUT2D eigenvalue weighted by molar-refractivity contribution is 5.80. The summed E-state index contributed by atoms with van der Waals surface area (Å²) in [5, 5.41) is 11.4. The number of rotatable bonds is 53. The molecule has 0 saturated heterocycles.